The molecule has 0 heterocycles. The van der Waals surface area contributed by atoms with Gasteiger partial charge in [0.25, 0.3) is 0 Å². The Morgan fingerprint density at radius 2 is 1.29 bits per heavy atom. The zero-order valence-corrected chi connectivity index (χ0v) is 27.4. The molecule has 0 aliphatic heterocycles. The molecule has 5 aromatic rings. The fourth-order valence-electron chi connectivity index (χ4n) is 4.51. The molecule has 0 saturated heterocycles. The van der Waals surface area contributed by atoms with Crippen LogP contribution in [0.3, 0.4) is 0 Å². The molecule has 0 unspecified atom stereocenters. The Morgan fingerprint density at radius 1 is 0.738 bits per heavy atom. The van der Waals surface area contributed by atoms with Crippen LogP contribution in [0.5, 0.6) is 11.5 Å². The predicted octanol–water partition coefficient (Wildman–Crippen LogP) is 2.57. The number of phenolic OH excluding ortho intramolecular Hbond substituents is 1. The maximum atomic E-state index is 9.41. The molecule has 0 aromatic heterocycles. The second kappa shape index (κ2) is 16.5. The van der Waals surface area contributed by atoms with Gasteiger partial charge in [0.1, 0.15) is 11.5 Å². The summed E-state index contributed by atoms with van der Waals surface area (Å²) in [5.41, 5.74) is 9.20. The van der Waals surface area contributed by atoms with Crippen LogP contribution < -0.4 is 29.6 Å². The predicted molar refractivity (Wildman–Crippen MR) is 163 cm³/mol. The van der Waals surface area contributed by atoms with Crippen molar-refractivity contribution < 1.29 is 54.6 Å². The molecule has 6 rings (SSSR count). The Morgan fingerprint density at radius 3 is 1.86 bits per heavy atom. The average Bonchev–Trinajstić information content (AvgIpc) is 3.36. The van der Waals surface area contributed by atoms with E-state index in [1.165, 1.54) is 37.2 Å². The smallest absolute Gasteiger partial charge is 0.0253 e. The minimum Gasteiger partial charge on any atom is -0.179 e. The van der Waals surface area contributed by atoms with E-state index in [-0.39, 0.29) is 36.0 Å². The molecule has 0 saturated carbocycles. The van der Waals surface area contributed by atoms with Crippen molar-refractivity contribution in [2.45, 2.75) is 32.6 Å². The maximum absolute atomic E-state index is 9.41. The topological polar surface area (TPSA) is 29.5 Å². The molecule has 0 atom stereocenters. The molecule has 42 heavy (non-hydrogen) atoms. The van der Waals surface area contributed by atoms with E-state index in [1.807, 2.05) is 24.3 Å². The molecular formula is C37H35Cl2O2Ti-2. The maximum Gasteiger partial charge on any atom is -0.0253 e. The quantitative estimate of drug-likeness (QED) is 0.241. The van der Waals surface area contributed by atoms with Crippen molar-refractivity contribution >= 4 is 3.81 Å². The van der Waals surface area contributed by atoms with E-state index in [0.29, 0.717) is 5.75 Å². The standard InChI is InChI=1S/C13H9.C13H10.C11H16O2.2ClH.Ti/c1-3-7-12-10(5-1)9-11-6-2-4-8-13(11)12;1-3-7-12(8-4-1)11-13-9-5-2-6-10-13;1-11(2,3)8-5-9(12)7-10(6-8)13-4;;;/h1-5,7-8H,9H2;1-10H;5-7,12H,1-4H3;2*1H;/q-1;;;;;+1/p-2. The first kappa shape index (κ1) is 35.1. The van der Waals surface area contributed by atoms with E-state index in [4.69, 9.17) is 4.74 Å². The zero-order chi connectivity index (χ0) is 28.5. The molecule has 1 aliphatic rings. The molecule has 2 nitrogen and oxygen atoms in total. The molecular weight excluding hydrogens is 595 g/mol. The summed E-state index contributed by atoms with van der Waals surface area (Å²) in [6, 6.07) is 44.4. The number of ether oxygens (including phenoxy) is 1. The van der Waals surface area contributed by atoms with E-state index < -0.39 is 0 Å². The minimum absolute atomic E-state index is 0. The first-order chi connectivity index (χ1) is 19.3. The average molecular weight is 630 g/mol. The Balaban J connectivity index is 0.000000215. The van der Waals surface area contributed by atoms with Crippen LogP contribution in [0.25, 0.3) is 11.1 Å². The number of hydrogen-bond acceptors (Lipinski definition) is 2. The Kier molecular flexibility index (Phi) is 13.8. The van der Waals surface area contributed by atoms with Gasteiger partial charge in [-0.15, -0.1) is 5.56 Å². The Hall–Kier alpha value is -3.14. The third-order valence-corrected chi connectivity index (χ3v) is 7.64. The summed E-state index contributed by atoms with van der Waals surface area (Å²) in [5, 5.41) is 9.41. The van der Waals surface area contributed by atoms with Gasteiger partial charge in [0.2, 0.25) is 0 Å². The van der Waals surface area contributed by atoms with Crippen molar-refractivity contribution in [1.82, 2.24) is 0 Å². The zero-order valence-electron chi connectivity index (χ0n) is 24.4. The van der Waals surface area contributed by atoms with Gasteiger partial charge in [0.05, 0.1) is 7.11 Å². The molecule has 0 spiro atoms. The van der Waals surface area contributed by atoms with Gasteiger partial charge in [-0.05, 0) is 29.5 Å². The van der Waals surface area contributed by atoms with Crippen LogP contribution >= 0.6 is 0 Å². The molecule has 0 radical (unpaired) electrons. The molecule has 0 fully saturated rings. The molecule has 1 aliphatic carbocycles. The fourth-order valence-corrected chi connectivity index (χ4v) is 5.03. The van der Waals surface area contributed by atoms with Gasteiger partial charge in [0, 0.05) is 6.07 Å². The van der Waals surface area contributed by atoms with E-state index in [0.717, 1.165) is 12.0 Å². The van der Waals surface area contributed by atoms with E-state index >= 15 is 0 Å². The summed E-state index contributed by atoms with van der Waals surface area (Å²) < 4.78 is 6.40. The molecule has 5 heteroatoms. The van der Waals surface area contributed by atoms with Crippen LogP contribution in [0.15, 0.2) is 121 Å². The number of phenols is 1. The largest absolute Gasteiger partial charge is 0.179 e. The summed E-state index contributed by atoms with van der Waals surface area (Å²) in [7, 11) is 1.60. The van der Waals surface area contributed by atoms with Crippen LogP contribution in [0.4, 0.5) is 0 Å². The van der Waals surface area contributed by atoms with Crippen molar-refractivity contribution in [3.63, 3.8) is 0 Å². The Bertz CT molecular complexity index is 1480. The van der Waals surface area contributed by atoms with Crippen molar-refractivity contribution in [2.75, 3.05) is 7.11 Å². The van der Waals surface area contributed by atoms with Gasteiger partial charge in [-0.25, -0.2) is 0 Å². The van der Waals surface area contributed by atoms with Crippen molar-refractivity contribution in [1.29, 1.82) is 0 Å². The van der Waals surface area contributed by atoms with Gasteiger partial charge >= 0.3 is 95.6 Å². The summed E-state index contributed by atoms with van der Waals surface area (Å²) in [4.78, 5) is 0. The first-order valence-electron chi connectivity index (χ1n) is 13.4. The van der Waals surface area contributed by atoms with Crippen LogP contribution in [-0.2, 0) is 31.8 Å². The summed E-state index contributed by atoms with van der Waals surface area (Å²) in [6.07, 6.45) is 1.05. The molecule has 1 N–H and O–H groups in total. The number of halogens is 2. The monoisotopic (exact) mass is 629 g/mol. The minimum atomic E-state index is 0. The molecule has 5 aromatic carbocycles. The fraction of sp³-hybridized carbons (Fsp3) is 0.162. The van der Waals surface area contributed by atoms with E-state index in [9.17, 15) is 5.11 Å². The van der Waals surface area contributed by atoms with Gasteiger partial charge in [-0.2, -0.15) is 29.8 Å². The van der Waals surface area contributed by atoms with Crippen molar-refractivity contribution in [3.05, 3.63) is 155 Å². The van der Waals surface area contributed by atoms with E-state index in [1.54, 1.807) is 19.2 Å². The summed E-state index contributed by atoms with van der Waals surface area (Å²) >= 11 is 2.16. The van der Waals surface area contributed by atoms with Crippen LogP contribution in [0.2, 0.25) is 0 Å². The number of benzene rings is 5. The number of aromatic hydroxyl groups is 1. The van der Waals surface area contributed by atoms with Crippen LogP contribution in [0, 0.1) is 6.07 Å². The molecule has 0 amide bonds. The SMILES string of the molecule is COc1cc(O)cc(C(C)(C)C)c1.[Cl-].[Cl-].[Ti+]=[C](c1ccccc1)c1ccccc1.[c-]1cccc2c1Cc1ccccc1-2. The summed E-state index contributed by atoms with van der Waals surface area (Å²) in [6.45, 7) is 6.30. The first-order valence-corrected chi connectivity index (χ1v) is 14.2. The molecule has 0 bridgehead atoms. The third kappa shape index (κ3) is 9.44. The van der Waals surface area contributed by atoms with Crippen LogP contribution in [-0.4, -0.2) is 16.0 Å². The van der Waals surface area contributed by atoms with Crippen molar-refractivity contribution in [2.24, 2.45) is 0 Å². The number of hydrogen-bond donors (Lipinski definition) is 1. The van der Waals surface area contributed by atoms with E-state index in [2.05, 4.69) is 132 Å². The Labute approximate surface area is 274 Å². The number of rotatable bonds is 3. The van der Waals surface area contributed by atoms with Gasteiger partial charge in [-0.1, -0.05) is 56.2 Å². The van der Waals surface area contributed by atoms with Crippen molar-refractivity contribution in [3.8, 4) is 22.6 Å². The van der Waals surface area contributed by atoms with Gasteiger partial charge in [-0.3, -0.25) is 0 Å². The van der Waals surface area contributed by atoms with Crippen LogP contribution in [0.1, 0.15) is 48.6 Å². The number of methoxy groups -OCH3 is 1. The summed E-state index contributed by atoms with van der Waals surface area (Å²) in [5.74, 6) is 0.953. The second-order valence-electron chi connectivity index (χ2n) is 10.7. The third-order valence-electron chi connectivity index (χ3n) is 6.73. The molecule has 215 valence electrons. The number of fused-ring (bicyclic) bond motifs is 3. The normalized spacial score (nSPS) is 10.6. The second-order valence-corrected chi connectivity index (χ2v) is 11.5. The van der Waals surface area contributed by atoms with Gasteiger partial charge in [0.15, 0.2) is 0 Å². The van der Waals surface area contributed by atoms with Gasteiger partial charge < -0.3 is 34.7 Å².